The Morgan fingerprint density at radius 2 is 2.53 bits per heavy atom. The zero-order valence-corrected chi connectivity index (χ0v) is 10.1. The Hall–Kier alpha value is -1.15. The van der Waals surface area contributed by atoms with E-state index in [0.29, 0.717) is 11.3 Å². The third-order valence-corrected chi connectivity index (χ3v) is 3.47. The van der Waals surface area contributed by atoms with Crippen molar-refractivity contribution in [1.29, 1.82) is 0 Å². The monoisotopic (exact) mass is 258 g/mol. The molecule has 1 fully saturated rings. The second-order valence-electron chi connectivity index (χ2n) is 3.79. The maximum absolute atomic E-state index is 10.6. The molecule has 1 aromatic rings. The zero-order chi connectivity index (χ0) is 12.1. The van der Waals surface area contributed by atoms with Crippen molar-refractivity contribution < 1.29 is 14.6 Å². The van der Waals surface area contributed by atoms with Crippen LogP contribution < -0.4 is 0 Å². The van der Waals surface area contributed by atoms with Gasteiger partial charge in [-0.3, -0.25) is 4.79 Å². The first-order valence-corrected chi connectivity index (χ1v) is 6.46. The normalized spacial score (nSPS) is 19.6. The number of carboxylic acids is 1. The molecule has 0 bridgehead atoms. The first kappa shape index (κ1) is 12.3. The number of hydrogen-bond donors (Lipinski definition) is 1. The van der Waals surface area contributed by atoms with Crippen LogP contribution in [-0.4, -0.2) is 49.7 Å². The number of aromatic nitrogens is 4. The summed E-state index contributed by atoms with van der Waals surface area (Å²) in [6.45, 7) is 0.654. The van der Waals surface area contributed by atoms with Gasteiger partial charge in [-0.15, -0.1) is 5.10 Å². The van der Waals surface area contributed by atoms with Gasteiger partial charge >= 0.3 is 5.97 Å². The summed E-state index contributed by atoms with van der Waals surface area (Å²) in [5.74, 6) is -0.108. The van der Waals surface area contributed by atoms with Crippen LogP contribution in [0, 0.1) is 0 Å². The summed E-state index contributed by atoms with van der Waals surface area (Å²) in [6.07, 6.45) is 3.53. The molecule has 1 aliphatic heterocycles. The Morgan fingerprint density at radius 1 is 1.65 bits per heavy atom. The molecule has 17 heavy (non-hydrogen) atoms. The Labute approximate surface area is 103 Å². The van der Waals surface area contributed by atoms with Gasteiger partial charge in [0.1, 0.15) is 6.54 Å². The van der Waals surface area contributed by atoms with Crippen LogP contribution in [0.4, 0.5) is 0 Å². The number of aliphatic carboxylic acids is 1. The van der Waals surface area contributed by atoms with Gasteiger partial charge in [-0.1, -0.05) is 11.8 Å². The number of rotatable bonds is 6. The average Bonchev–Trinajstić information content (AvgIpc) is 2.90. The van der Waals surface area contributed by atoms with Gasteiger partial charge in [0.25, 0.3) is 0 Å². The van der Waals surface area contributed by atoms with Gasteiger partial charge in [0.15, 0.2) is 0 Å². The molecule has 0 amide bonds. The third kappa shape index (κ3) is 3.67. The van der Waals surface area contributed by atoms with Gasteiger partial charge in [-0.2, -0.15) is 0 Å². The second kappa shape index (κ2) is 5.97. The second-order valence-corrected chi connectivity index (χ2v) is 4.85. The molecule has 8 heteroatoms. The van der Waals surface area contributed by atoms with Gasteiger partial charge in [-0.25, -0.2) is 4.68 Å². The number of ether oxygens (including phenoxy) is 1. The van der Waals surface area contributed by atoms with Crippen LogP contribution in [0.15, 0.2) is 5.16 Å². The van der Waals surface area contributed by atoms with Crippen LogP contribution >= 0.6 is 11.8 Å². The van der Waals surface area contributed by atoms with E-state index in [9.17, 15) is 4.79 Å². The van der Waals surface area contributed by atoms with Crippen molar-refractivity contribution in [3.05, 3.63) is 0 Å². The van der Waals surface area contributed by atoms with Crippen LogP contribution in [-0.2, 0) is 16.1 Å². The van der Waals surface area contributed by atoms with E-state index in [1.807, 2.05) is 0 Å². The molecule has 1 saturated heterocycles. The lowest BCUT2D eigenvalue weighted by Crippen LogP contribution is -2.12. The number of thioether (sulfide) groups is 1. The van der Waals surface area contributed by atoms with Gasteiger partial charge in [-0.05, 0) is 29.7 Å². The molecule has 0 spiro atoms. The van der Waals surface area contributed by atoms with Crippen LogP contribution in [0.2, 0.25) is 0 Å². The molecule has 7 nitrogen and oxygen atoms in total. The van der Waals surface area contributed by atoms with Crippen molar-refractivity contribution in [2.45, 2.75) is 37.1 Å². The fraction of sp³-hybridized carbons (Fsp3) is 0.778. The largest absolute Gasteiger partial charge is 0.480 e. The third-order valence-electron chi connectivity index (χ3n) is 2.48. The number of hydrogen-bond acceptors (Lipinski definition) is 6. The summed E-state index contributed by atoms with van der Waals surface area (Å²) < 4.78 is 6.80. The van der Waals surface area contributed by atoms with Crippen molar-refractivity contribution in [2.24, 2.45) is 0 Å². The summed E-state index contributed by atoms with van der Waals surface area (Å²) in [4.78, 5) is 10.6. The predicted molar refractivity (Wildman–Crippen MR) is 59.8 cm³/mol. The lowest BCUT2D eigenvalue weighted by molar-refractivity contribution is -0.138. The first-order valence-electron chi connectivity index (χ1n) is 5.48. The molecule has 0 saturated carbocycles. The van der Waals surface area contributed by atoms with Gasteiger partial charge in [0, 0.05) is 12.4 Å². The van der Waals surface area contributed by atoms with Gasteiger partial charge in [0.05, 0.1) is 6.10 Å². The fourth-order valence-corrected chi connectivity index (χ4v) is 2.59. The van der Waals surface area contributed by atoms with Crippen LogP contribution in [0.3, 0.4) is 0 Å². The van der Waals surface area contributed by atoms with E-state index in [-0.39, 0.29) is 6.54 Å². The highest BCUT2D eigenvalue weighted by molar-refractivity contribution is 7.99. The molecule has 2 rings (SSSR count). The Morgan fingerprint density at radius 3 is 3.24 bits per heavy atom. The summed E-state index contributed by atoms with van der Waals surface area (Å²) in [5.41, 5.74) is 0. The highest BCUT2D eigenvalue weighted by Gasteiger charge is 2.16. The minimum absolute atomic E-state index is 0.199. The van der Waals surface area contributed by atoms with Crippen LogP contribution in [0.5, 0.6) is 0 Å². The van der Waals surface area contributed by atoms with Crippen molar-refractivity contribution >= 4 is 17.7 Å². The van der Waals surface area contributed by atoms with Crippen LogP contribution in [0.25, 0.3) is 0 Å². The molecule has 1 aromatic heterocycles. The number of tetrazole rings is 1. The standard InChI is InChI=1S/C9H14N4O3S/c14-8(15)6-13-9(10-11-12-13)17-5-3-7-2-1-4-16-7/h7H,1-6H2,(H,14,15). The molecule has 0 aromatic carbocycles. The quantitative estimate of drug-likeness (QED) is 0.739. The molecule has 1 N–H and O–H groups in total. The minimum Gasteiger partial charge on any atom is -0.480 e. The molecular weight excluding hydrogens is 244 g/mol. The van der Waals surface area contributed by atoms with Crippen LogP contribution in [0.1, 0.15) is 19.3 Å². The Balaban J connectivity index is 1.77. The number of carboxylic acid groups (broad SMARTS) is 1. The fourth-order valence-electron chi connectivity index (χ4n) is 1.68. The van der Waals surface area contributed by atoms with E-state index in [1.54, 1.807) is 0 Å². The predicted octanol–water partition coefficient (Wildman–Crippen LogP) is 0.419. The molecule has 0 aliphatic carbocycles. The average molecular weight is 258 g/mol. The Kier molecular flexibility index (Phi) is 4.32. The van der Waals surface area contributed by atoms with Crippen molar-refractivity contribution in [2.75, 3.05) is 12.4 Å². The van der Waals surface area contributed by atoms with E-state index >= 15 is 0 Å². The molecule has 1 unspecified atom stereocenters. The summed E-state index contributed by atoms with van der Waals surface area (Å²) in [6, 6.07) is 0. The Bertz CT molecular complexity index is 378. The minimum atomic E-state index is -0.946. The molecule has 1 atom stereocenters. The van der Waals surface area contributed by atoms with E-state index in [2.05, 4.69) is 15.5 Å². The van der Waals surface area contributed by atoms with Crippen molar-refractivity contribution in [1.82, 2.24) is 20.2 Å². The molecule has 2 heterocycles. The smallest absolute Gasteiger partial charge is 0.325 e. The first-order chi connectivity index (χ1) is 8.25. The lowest BCUT2D eigenvalue weighted by Gasteiger charge is -2.07. The zero-order valence-electron chi connectivity index (χ0n) is 9.28. The van der Waals surface area contributed by atoms with E-state index in [1.165, 1.54) is 16.4 Å². The number of nitrogens with zero attached hydrogens (tertiary/aromatic N) is 4. The number of carbonyl (C=O) groups is 1. The van der Waals surface area contributed by atoms with E-state index in [0.717, 1.165) is 31.6 Å². The summed E-state index contributed by atoms with van der Waals surface area (Å²) in [7, 11) is 0. The molecule has 94 valence electrons. The highest BCUT2D eigenvalue weighted by Crippen LogP contribution is 2.21. The van der Waals surface area contributed by atoms with Gasteiger partial charge in [0.2, 0.25) is 5.16 Å². The highest BCUT2D eigenvalue weighted by atomic mass is 32.2. The topological polar surface area (TPSA) is 90.1 Å². The van der Waals surface area contributed by atoms with Gasteiger partial charge < -0.3 is 9.84 Å². The SMILES string of the molecule is O=C(O)Cn1nnnc1SCCC1CCCO1. The van der Waals surface area contributed by atoms with E-state index in [4.69, 9.17) is 9.84 Å². The summed E-state index contributed by atoms with van der Waals surface area (Å²) >= 11 is 1.47. The molecule has 0 radical (unpaired) electrons. The maximum atomic E-state index is 10.6. The van der Waals surface area contributed by atoms with Crippen molar-refractivity contribution in [3.8, 4) is 0 Å². The summed E-state index contributed by atoms with van der Waals surface area (Å²) in [5, 5.41) is 20.1. The molecular formula is C9H14N4O3S. The van der Waals surface area contributed by atoms with Crippen molar-refractivity contribution in [3.63, 3.8) is 0 Å². The van der Waals surface area contributed by atoms with E-state index < -0.39 is 5.97 Å². The maximum Gasteiger partial charge on any atom is 0.325 e. The molecule has 1 aliphatic rings. The lowest BCUT2D eigenvalue weighted by atomic mass is 10.2.